The molecule has 1 heterocycles. The second-order valence-electron chi connectivity index (χ2n) is 8.08. The summed E-state index contributed by atoms with van der Waals surface area (Å²) in [5.41, 5.74) is 4.22. The van der Waals surface area contributed by atoms with E-state index in [1.165, 1.54) is 16.7 Å². The highest BCUT2D eigenvalue weighted by atomic mass is 16.7. The normalized spacial score (nSPS) is 25.9. The van der Waals surface area contributed by atoms with Crippen molar-refractivity contribution >= 4 is 0 Å². The van der Waals surface area contributed by atoms with Crippen LogP contribution < -0.4 is 0 Å². The molecular weight excluding hydrogens is 260 g/mol. The van der Waals surface area contributed by atoms with Gasteiger partial charge in [0.25, 0.3) is 0 Å². The summed E-state index contributed by atoms with van der Waals surface area (Å²) in [5.74, 6) is -0.457. The van der Waals surface area contributed by atoms with Crippen molar-refractivity contribution in [2.24, 2.45) is 10.8 Å². The van der Waals surface area contributed by atoms with Crippen LogP contribution in [0.3, 0.4) is 0 Å². The first-order valence-corrected chi connectivity index (χ1v) is 7.91. The summed E-state index contributed by atoms with van der Waals surface area (Å²) in [6.07, 6.45) is 6.32. The van der Waals surface area contributed by atoms with Gasteiger partial charge in [-0.25, -0.2) is 0 Å². The molecule has 118 valence electrons. The van der Waals surface area contributed by atoms with Crippen molar-refractivity contribution in [3.05, 3.63) is 35.5 Å². The second-order valence-corrected chi connectivity index (χ2v) is 8.08. The molecule has 0 radical (unpaired) electrons. The second kappa shape index (κ2) is 5.40. The topological polar surface area (TPSA) is 18.5 Å². The zero-order valence-corrected chi connectivity index (χ0v) is 14.5. The summed E-state index contributed by atoms with van der Waals surface area (Å²) in [6, 6.07) is 0. The molecule has 21 heavy (non-hydrogen) atoms. The monoisotopic (exact) mass is 290 g/mol. The lowest BCUT2D eigenvalue weighted by atomic mass is 9.64. The van der Waals surface area contributed by atoms with Crippen LogP contribution in [-0.2, 0) is 9.47 Å². The summed E-state index contributed by atoms with van der Waals surface area (Å²) in [6.45, 7) is 18.7. The van der Waals surface area contributed by atoms with Crippen LogP contribution in [0.15, 0.2) is 35.5 Å². The zero-order chi connectivity index (χ0) is 15.9. The fourth-order valence-electron chi connectivity index (χ4n) is 3.29. The van der Waals surface area contributed by atoms with Gasteiger partial charge in [-0.1, -0.05) is 45.1 Å². The van der Waals surface area contributed by atoms with Crippen LogP contribution in [0.25, 0.3) is 0 Å². The molecule has 1 aliphatic carbocycles. The molecule has 0 aromatic carbocycles. The molecule has 1 fully saturated rings. The SMILES string of the molecule is C=C1CC2(COC(C)(C)OC2)CC(C(C)(C)C)=C1/C=C/C. The van der Waals surface area contributed by atoms with Gasteiger partial charge in [-0.3, -0.25) is 0 Å². The van der Waals surface area contributed by atoms with Crippen LogP contribution >= 0.6 is 0 Å². The molecule has 1 aliphatic heterocycles. The Morgan fingerprint density at radius 2 is 1.67 bits per heavy atom. The Morgan fingerprint density at radius 3 is 2.14 bits per heavy atom. The molecule has 0 atom stereocenters. The van der Waals surface area contributed by atoms with E-state index in [1.807, 2.05) is 13.8 Å². The molecule has 0 N–H and O–H groups in total. The highest BCUT2D eigenvalue weighted by molar-refractivity contribution is 5.47. The number of rotatable bonds is 1. The highest BCUT2D eigenvalue weighted by Gasteiger charge is 2.45. The third kappa shape index (κ3) is 3.49. The van der Waals surface area contributed by atoms with Gasteiger partial charge in [0.15, 0.2) is 5.79 Å². The van der Waals surface area contributed by atoms with Crippen LogP contribution in [0.2, 0.25) is 0 Å². The van der Waals surface area contributed by atoms with E-state index in [-0.39, 0.29) is 10.8 Å². The van der Waals surface area contributed by atoms with Crippen LogP contribution in [0.5, 0.6) is 0 Å². The molecule has 2 nitrogen and oxygen atoms in total. The first kappa shape index (κ1) is 16.5. The molecule has 1 saturated heterocycles. The van der Waals surface area contributed by atoms with E-state index in [9.17, 15) is 0 Å². The Bertz CT molecular complexity index is 476. The smallest absolute Gasteiger partial charge is 0.162 e. The average molecular weight is 290 g/mol. The van der Waals surface area contributed by atoms with Crippen LogP contribution in [0.4, 0.5) is 0 Å². The third-order valence-corrected chi connectivity index (χ3v) is 4.54. The minimum atomic E-state index is -0.457. The van der Waals surface area contributed by atoms with Crippen molar-refractivity contribution in [2.75, 3.05) is 13.2 Å². The van der Waals surface area contributed by atoms with E-state index in [0.29, 0.717) is 0 Å². The largest absolute Gasteiger partial charge is 0.350 e. The van der Waals surface area contributed by atoms with Gasteiger partial charge in [-0.2, -0.15) is 0 Å². The van der Waals surface area contributed by atoms with Crippen molar-refractivity contribution in [3.8, 4) is 0 Å². The van der Waals surface area contributed by atoms with Crippen molar-refractivity contribution in [1.82, 2.24) is 0 Å². The summed E-state index contributed by atoms with van der Waals surface area (Å²) < 4.78 is 11.9. The average Bonchev–Trinajstić information content (AvgIpc) is 2.36. The molecule has 0 aromatic heterocycles. The maximum absolute atomic E-state index is 5.96. The number of hydrogen-bond donors (Lipinski definition) is 0. The zero-order valence-electron chi connectivity index (χ0n) is 14.5. The summed E-state index contributed by atoms with van der Waals surface area (Å²) in [5, 5.41) is 0. The lowest BCUT2D eigenvalue weighted by Crippen LogP contribution is -2.48. The van der Waals surface area contributed by atoms with Gasteiger partial charge in [-0.15, -0.1) is 0 Å². The summed E-state index contributed by atoms with van der Waals surface area (Å²) in [4.78, 5) is 0. The number of ether oxygens (including phenoxy) is 2. The van der Waals surface area contributed by atoms with Gasteiger partial charge in [0.05, 0.1) is 13.2 Å². The first-order valence-electron chi connectivity index (χ1n) is 7.91. The van der Waals surface area contributed by atoms with Gasteiger partial charge in [0.1, 0.15) is 0 Å². The molecule has 2 aliphatic rings. The van der Waals surface area contributed by atoms with E-state index >= 15 is 0 Å². The van der Waals surface area contributed by atoms with Crippen LogP contribution in [-0.4, -0.2) is 19.0 Å². The molecule has 2 heteroatoms. The van der Waals surface area contributed by atoms with E-state index in [4.69, 9.17) is 9.47 Å². The molecule has 0 unspecified atom stereocenters. The third-order valence-electron chi connectivity index (χ3n) is 4.54. The molecule has 0 amide bonds. The van der Waals surface area contributed by atoms with Gasteiger partial charge < -0.3 is 9.47 Å². The molecule has 0 saturated carbocycles. The lowest BCUT2D eigenvalue weighted by Gasteiger charge is -2.48. The Kier molecular flexibility index (Phi) is 4.25. The number of allylic oxidation sites excluding steroid dienone is 5. The minimum Gasteiger partial charge on any atom is -0.350 e. The van der Waals surface area contributed by atoms with Crippen molar-refractivity contribution in [1.29, 1.82) is 0 Å². The maximum atomic E-state index is 5.96. The van der Waals surface area contributed by atoms with Gasteiger partial charge >= 0.3 is 0 Å². The summed E-state index contributed by atoms with van der Waals surface area (Å²) in [7, 11) is 0. The molecule has 0 bridgehead atoms. The molecule has 1 spiro atoms. The fourth-order valence-corrected chi connectivity index (χ4v) is 3.29. The Balaban J connectivity index is 2.36. The van der Waals surface area contributed by atoms with Gasteiger partial charge in [-0.05, 0) is 50.2 Å². The van der Waals surface area contributed by atoms with Crippen molar-refractivity contribution in [2.45, 2.75) is 60.2 Å². The minimum absolute atomic E-state index is 0.0559. The first-order chi connectivity index (χ1) is 9.59. The predicted octanol–water partition coefficient (Wildman–Crippen LogP) is 5.02. The van der Waals surface area contributed by atoms with E-state index < -0.39 is 5.79 Å². The Morgan fingerprint density at radius 1 is 1.10 bits per heavy atom. The molecule has 2 rings (SSSR count). The molecular formula is C19H30O2. The van der Waals surface area contributed by atoms with Crippen LogP contribution in [0.1, 0.15) is 54.4 Å². The Hall–Kier alpha value is -0.860. The Labute approximate surface area is 129 Å². The predicted molar refractivity (Wildman–Crippen MR) is 88.1 cm³/mol. The van der Waals surface area contributed by atoms with Gasteiger partial charge in [0.2, 0.25) is 0 Å². The fraction of sp³-hybridized carbons (Fsp3) is 0.684. The van der Waals surface area contributed by atoms with Crippen molar-refractivity contribution < 1.29 is 9.47 Å². The molecule has 0 aromatic rings. The maximum Gasteiger partial charge on any atom is 0.162 e. The van der Waals surface area contributed by atoms with Gasteiger partial charge in [0, 0.05) is 5.41 Å². The summed E-state index contributed by atoms with van der Waals surface area (Å²) >= 11 is 0. The highest BCUT2D eigenvalue weighted by Crippen LogP contribution is 2.50. The number of hydrogen-bond acceptors (Lipinski definition) is 2. The standard InChI is InChI=1S/C19H30O2/c1-8-9-15-14(2)10-19(11-16(15)17(3,4)5)12-20-18(6,7)21-13-19/h8-9H,2,10-13H2,1,3-7H3/b9-8+. The van der Waals surface area contributed by atoms with E-state index in [2.05, 4.69) is 46.4 Å². The van der Waals surface area contributed by atoms with Crippen molar-refractivity contribution in [3.63, 3.8) is 0 Å². The lowest BCUT2D eigenvalue weighted by molar-refractivity contribution is -0.285. The quantitative estimate of drug-likeness (QED) is 0.674. The van der Waals surface area contributed by atoms with E-state index in [0.717, 1.165) is 26.1 Å². The van der Waals surface area contributed by atoms with E-state index in [1.54, 1.807) is 0 Å². The van der Waals surface area contributed by atoms with Crippen LogP contribution in [0, 0.1) is 10.8 Å².